The molecule has 1 rings (SSSR count). The van der Waals surface area contributed by atoms with Crippen molar-refractivity contribution in [1.29, 1.82) is 0 Å². The Morgan fingerprint density at radius 1 is 1.31 bits per heavy atom. The second-order valence-corrected chi connectivity index (χ2v) is 2.93. The van der Waals surface area contributed by atoms with Crippen molar-refractivity contribution >= 4 is 17.9 Å². The van der Waals surface area contributed by atoms with E-state index in [1.165, 1.54) is 12.1 Å². The summed E-state index contributed by atoms with van der Waals surface area (Å²) >= 11 is 5.65. The van der Waals surface area contributed by atoms with Crippen molar-refractivity contribution < 1.29 is 13.6 Å². The van der Waals surface area contributed by atoms with Crippen molar-refractivity contribution in [3.63, 3.8) is 0 Å². The van der Waals surface area contributed by atoms with Gasteiger partial charge in [-0.25, -0.2) is 8.78 Å². The van der Waals surface area contributed by atoms with Gasteiger partial charge in [-0.05, 0) is 11.6 Å². The molecule has 70 valence electrons. The Balaban J connectivity index is 3.04. The molecule has 0 heterocycles. The van der Waals surface area contributed by atoms with Crippen LogP contribution in [0.15, 0.2) is 24.3 Å². The fourth-order valence-electron chi connectivity index (χ4n) is 1.01. The number of aldehydes is 1. The van der Waals surface area contributed by atoms with Gasteiger partial charge in [0.2, 0.25) is 0 Å². The Bertz CT molecular complexity index is 301. The van der Waals surface area contributed by atoms with Gasteiger partial charge in [0.15, 0.2) is 0 Å². The minimum atomic E-state index is -2.71. The molecule has 0 aliphatic rings. The van der Waals surface area contributed by atoms with E-state index in [0.29, 0.717) is 0 Å². The zero-order valence-corrected chi connectivity index (χ0v) is 7.34. The third-order valence-electron chi connectivity index (χ3n) is 1.68. The van der Waals surface area contributed by atoms with Gasteiger partial charge in [0.25, 0.3) is 6.43 Å². The van der Waals surface area contributed by atoms with Gasteiger partial charge in [-0.3, -0.25) is 0 Å². The average molecular weight is 205 g/mol. The molecule has 13 heavy (non-hydrogen) atoms. The van der Waals surface area contributed by atoms with E-state index in [0.717, 1.165) is 0 Å². The predicted molar refractivity (Wildman–Crippen MR) is 46.3 cm³/mol. The molecule has 1 nitrogen and oxygen atoms in total. The Labute approximate surface area is 79.3 Å². The largest absolute Gasteiger partial charge is 0.302 e. The first-order chi connectivity index (χ1) is 6.16. The Kier molecular flexibility index (Phi) is 3.37. The molecule has 0 amide bonds. The van der Waals surface area contributed by atoms with E-state index in [9.17, 15) is 13.6 Å². The highest BCUT2D eigenvalue weighted by molar-refractivity contribution is 6.31. The molecule has 4 heteroatoms. The number of halogens is 3. The molecule has 1 aromatic rings. The van der Waals surface area contributed by atoms with Crippen molar-refractivity contribution in [3.8, 4) is 0 Å². The van der Waals surface area contributed by atoms with Crippen molar-refractivity contribution in [2.24, 2.45) is 0 Å². The van der Waals surface area contributed by atoms with Crippen molar-refractivity contribution in [1.82, 2.24) is 0 Å². The van der Waals surface area contributed by atoms with Crippen LogP contribution in [0.3, 0.4) is 0 Å². The maximum Gasteiger partial charge on any atom is 0.252 e. The van der Waals surface area contributed by atoms with Crippen LogP contribution in [0.25, 0.3) is 0 Å². The highest BCUT2D eigenvalue weighted by Gasteiger charge is 2.23. The molecule has 0 aromatic heterocycles. The zero-order chi connectivity index (χ0) is 9.84. The van der Waals surface area contributed by atoms with Gasteiger partial charge in [-0.1, -0.05) is 29.8 Å². The normalized spacial score (nSPS) is 12.9. The lowest BCUT2D eigenvalue weighted by Crippen LogP contribution is -2.10. The summed E-state index contributed by atoms with van der Waals surface area (Å²) < 4.78 is 24.6. The molecule has 0 bridgehead atoms. The van der Waals surface area contributed by atoms with Gasteiger partial charge in [-0.15, -0.1) is 0 Å². The third-order valence-corrected chi connectivity index (χ3v) is 2.03. The molecule has 0 saturated heterocycles. The number of carbonyl (C=O) groups excluding carboxylic acids is 1. The number of hydrogen-bond acceptors (Lipinski definition) is 1. The fourth-order valence-corrected chi connectivity index (χ4v) is 1.28. The maximum atomic E-state index is 12.3. The topological polar surface area (TPSA) is 17.1 Å². The van der Waals surface area contributed by atoms with Crippen LogP contribution in [0.4, 0.5) is 8.78 Å². The van der Waals surface area contributed by atoms with Crippen molar-refractivity contribution in [3.05, 3.63) is 34.9 Å². The molecule has 0 fully saturated rings. The highest BCUT2D eigenvalue weighted by atomic mass is 35.5. The summed E-state index contributed by atoms with van der Waals surface area (Å²) in [6.07, 6.45) is -2.50. The second-order valence-electron chi connectivity index (χ2n) is 2.52. The van der Waals surface area contributed by atoms with E-state index < -0.39 is 12.3 Å². The number of hydrogen-bond donors (Lipinski definition) is 0. The fraction of sp³-hybridized carbons (Fsp3) is 0.222. The molecular weight excluding hydrogens is 198 g/mol. The zero-order valence-electron chi connectivity index (χ0n) is 6.58. The lowest BCUT2D eigenvalue weighted by atomic mass is 10.0. The summed E-state index contributed by atoms with van der Waals surface area (Å²) in [4.78, 5) is 10.4. The molecule has 1 aromatic carbocycles. The van der Waals surface area contributed by atoms with Gasteiger partial charge in [0.05, 0.1) is 0 Å². The minimum Gasteiger partial charge on any atom is -0.302 e. The van der Waals surface area contributed by atoms with Crippen LogP contribution >= 0.6 is 11.6 Å². The maximum absolute atomic E-state index is 12.3. The first-order valence-electron chi connectivity index (χ1n) is 3.64. The Morgan fingerprint density at radius 2 is 1.92 bits per heavy atom. The summed E-state index contributed by atoms with van der Waals surface area (Å²) in [6, 6.07) is 6.10. The molecule has 1 unspecified atom stereocenters. The van der Waals surface area contributed by atoms with Crippen LogP contribution in [0.5, 0.6) is 0 Å². The molecule has 0 saturated carbocycles. The molecule has 0 N–H and O–H groups in total. The summed E-state index contributed by atoms with van der Waals surface area (Å²) in [5.41, 5.74) is 0.175. The number of benzene rings is 1. The van der Waals surface area contributed by atoms with E-state index in [2.05, 4.69) is 0 Å². The van der Waals surface area contributed by atoms with Gasteiger partial charge >= 0.3 is 0 Å². The lowest BCUT2D eigenvalue weighted by Gasteiger charge is -2.10. The smallest absolute Gasteiger partial charge is 0.252 e. The van der Waals surface area contributed by atoms with Crippen LogP contribution < -0.4 is 0 Å². The van der Waals surface area contributed by atoms with E-state index in [-0.39, 0.29) is 16.9 Å². The average Bonchev–Trinajstić information content (AvgIpc) is 2.09. The Morgan fingerprint density at radius 3 is 2.38 bits per heavy atom. The number of carbonyl (C=O) groups is 1. The van der Waals surface area contributed by atoms with Crippen LogP contribution in [-0.4, -0.2) is 12.7 Å². The summed E-state index contributed by atoms with van der Waals surface area (Å²) in [5.74, 6) is -1.42. The molecule has 0 aliphatic heterocycles. The number of alkyl halides is 2. The molecule has 0 spiro atoms. The molecule has 0 radical (unpaired) electrons. The van der Waals surface area contributed by atoms with Gasteiger partial charge < -0.3 is 4.79 Å². The SMILES string of the molecule is O=CC(c1ccccc1Cl)C(F)F. The standard InChI is InChI=1S/C9H7ClF2O/c10-8-4-2-1-3-6(8)7(5-13)9(11)12/h1-5,7,9H. The molecule has 0 aliphatic carbocycles. The van der Waals surface area contributed by atoms with Crippen molar-refractivity contribution in [2.75, 3.05) is 0 Å². The van der Waals surface area contributed by atoms with Crippen LogP contribution in [0.2, 0.25) is 5.02 Å². The first-order valence-corrected chi connectivity index (χ1v) is 4.02. The summed E-state index contributed by atoms with van der Waals surface area (Å²) in [5, 5.41) is 0.194. The van der Waals surface area contributed by atoms with Gasteiger partial charge in [0.1, 0.15) is 12.2 Å². The molecule has 1 atom stereocenters. The van der Waals surface area contributed by atoms with E-state index in [1.807, 2.05) is 0 Å². The van der Waals surface area contributed by atoms with Crippen LogP contribution in [0, 0.1) is 0 Å². The van der Waals surface area contributed by atoms with Gasteiger partial charge in [0, 0.05) is 5.02 Å². The van der Waals surface area contributed by atoms with E-state index in [4.69, 9.17) is 11.6 Å². The predicted octanol–water partition coefficient (Wildman–Crippen LogP) is 2.89. The van der Waals surface area contributed by atoms with Gasteiger partial charge in [-0.2, -0.15) is 0 Å². The van der Waals surface area contributed by atoms with Crippen LogP contribution in [-0.2, 0) is 4.79 Å². The third kappa shape index (κ3) is 2.25. The van der Waals surface area contributed by atoms with Crippen LogP contribution in [0.1, 0.15) is 11.5 Å². The summed E-state index contributed by atoms with van der Waals surface area (Å²) in [7, 11) is 0. The minimum absolute atomic E-state index is 0.175. The van der Waals surface area contributed by atoms with E-state index in [1.54, 1.807) is 12.1 Å². The summed E-state index contributed by atoms with van der Waals surface area (Å²) in [6.45, 7) is 0. The first kappa shape index (κ1) is 10.1. The molecular formula is C9H7ClF2O. The lowest BCUT2D eigenvalue weighted by molar-refractivity contribution is -0.111. The number of rotatable bonds is 3. The Hall–Kier alpha value is -0.960. The highest BCUT2D eigenvalue weighted by Crippen LogP contribution is 2.27. The van der Waals surface area contributed by atoms with Crippen molar-refractivity contribution in [2.45, 2.75) is 12.3 Å². The van der Waals surface area contributed by atoms with E-state index >= 15 is 0 Å². The second kappa shape index (κ2) is 4.33. The quantitative estimate of drug-likeness (QED) is 0.692. The monoisotopic (exact) mass is 204 g/mol.